The van der Waals surface area contributed by atoms with Gasteiger partial charge in [0.15, 0.2) is 11.5 Å². The second-order valence-corrected chi connectivity index (χ2v) is 5.65. The highest BCUT2D eigenvalue weighted by Gasteiger charge is 2.20. The first-order valence-electron chi connectivity index (χ1n) is 7.10. The molecule has 1 heterocycles. The normalized spacial score (nSPS) is 13.5. The van der Waals surface area contributed by atoms with Crippen LogP contribution in [0.25, 0.3) is 0 Å². The Bertz CT molecular complexity index is 802. The number of methoxy groups -OCH3 is 2. The van der Waals surface area contributed by atoms with Crippen molar-refractivity contribution >= 4 is 28.6 Å². The van der Waals surface area contributed by atoms with Gasteiger partial charge in [0, 0.05) is 23.2 Å². The number of hydrogen-bond acceptors (Lipinski definition) is 5. The molecule has 0 saturated heterocycles. The van der Waals surface area contributed by atoms with E-state index < -0.39 is 0 Å². The molecule has 0 radical (unpaired) electrons. The molecule has 6 heteroatoms. The standard InChI is InChI=1S/C17H17N3O2S/c1-21-14-7-11-8-16(23)19-20-17(13(11)9-15(14)22-2)10-4-3-5-12(18)6-10/h3-7,9H,8,18H2,1-2H3,(H,19,23). The van der Waals surface area contributed by atoms with E-state index in [-0.39, 0.29) is 0 Å². The fraction of sp³-hybridized carbons (Fsp3) is 0.176. The van der Waals surface area contributed by atoms with Crippen molar-refractivity contribution in [2.75, 3.05) is 20.0 Å². The maximum Gasteiger partial charge on any atom is 0.161 e. The number of benzene rings is 2. The largest absolute Gasteiger partial charge is 0.493 e. The highest BCUT2D eigenvalue weighted by molar-refractivity contribution is 7.80. The first kappa shape index (κ1) is 15.3. The van der Waals surface area contributed by atoms with Crippen LogP contribution in [0, 0.1) is 0 Å². The molecule has 0 aromatic heterocycles. The van der Waals surface area contributed by atoms with Gasteiger partial charge in [0.05, 0.1) is 19.9 Å². The lowest BCUT2D eigenvalue weighted by molar-refractivity contribution is 0.354. The molecule has 2 aromatic rings. The second kappa shape index (κ2) is 6.26. The quantitative estimate of drug-likeness (QED) is 0.670. The van der Waals surface area contributed by atoms with Gasteiger partial charge in [-0.1, -0.05) is 24.4 Å². The van der Waals surface area contributed by atoms with Crippen LogP contribution in [-0.2, 0) is 6.42 Å². The Hall–Kier alpha value is -2.60. The van der Waals surface area contributed by atoms with Crippen LogP contribution in [0.5, 0.6) is 11.5 Å². The van der Waals surface area contributed by atoms with E-state index in [1.165, 1.54) is 0 Å². The van der Waals surface area contributed by atoms with Crippen molar-refractivity contribution in [3.63, 3.8) is 0 Å². The molecular weight excluding hydrogens is 310 g/mol. The summed E-state index contributed by atoms with van der Waals surface area (Å²) >= 11 is 5.32. The fourth-order valence-corrected chi connectivity index (χ4v) is 2.79. The number of rotatable bonds is 3. The summed E-state index contributed by atoms with van der Waals surface area (Å²) in [5.74, 6) is 1.32. The lowest BCUT2D eigenvalue weighted by Gasteiger charge is -2.14. The summed E-state index contributed by atoms with van der Waals surface area (Å²) < 4.78 is 10.8. The number of anilines is 1. The first-order chi connectivity index (χ1) is 11.1. The predicted octanol–water partition coefficient (Wildman–Crippen LogP) is 2.51. The Morgan fingerprint density at radius 1 is 1.13 bits per heavy atom. The molecule has 5 nitrogen and oxygen atoms in total. The monoisotopic (exact) mass is 327 g/mol. The lowest BCUT2D eigenvalue weighted by Crippen LogP contribution is -2.16. The molecule has 2 aromatic carbocycles. The fourth-order valence-electron chi connectivity index (χ4n) is 2.58. The summed E-state index contributed by atoms with van der Waals surface area (Å²) in [7, 11) is 3.23. The number of ether oxygens (including phenoxy) is 2. The zero-order valence-corrected chi connectivity index (χ0v) is 13.7. The van der Waals surface area contributed by atoms with Gasteiger partial charge in [0.25, 0.3) is 0 Å². The molecule has 0 spiro atoms. The minimum atomic E-state index is 0.584. The third-order valence-electron chi connectivity index (χ3n) is 3.67. The molecule has 118 valence electrons. The van der Waals surface area contributed by atoms with E-state index >= 15 is 0 Å². The molecule has 3 rings (SSSR count). The van der Waals surface area contributed by atoms with Crippen LogP contribution >= 0.6 is 12.2 Å². The molecule has 0 unspecified atom stereocenters. The highest BCUT2D eigenvalue weighted by Crippen LogP contribution is 2.33. The Morgan fingerprint density at radius 2 is 1.87 bits per heavy atom. The SMILES string of the molecule is COc1cc2c(cc1OC)C(c1cccc(N)c1)=NNC(=S)C2. The van der Waals surface area contributed by atoms with E-state index in [2.05, 4.69) is 10.5 Å². The number of nitrogen functional groups attached to an aromatic ring is 1. The average molecular weight is 327 g/mol. The minimum absolute atomic E-state index is 0.584. The summed E-state index contributed by atoms with van der Waals surface area (Å²) in [6, 6.07) is 11.5. The summed E-state index contributed by atoms with van der Waals surface area (Å²) in [6.45, 7) is 0. The summed E-state index contributed by atoms with van der Waals surface area (Å²) in [5, 5.41) is 4.46. The number of thiocarbonyl (C=S) groups is 1. The third-order valence-corrected chi connectivity index (χ3v) is 3.90. The van der Waals surface area contributed by atoms with E-state index in [0.717, 1.165) is 22.4 Å². The number of nitrogens with zero attached hydrogens (tertiary/aromatic N) is 1. The van der Waals surface area contributed by atoms with Crippen molar-refractivity contribution in [3.05, 3.63) is 53.1 Å². The zero-order valence-electron chi connectivity index (χ0n) is 12.9. The number of fused-ring (bicyclic) bond motifs is 1. The van der Waals surface area contributed by atoms with Gasteiger partial charge < -0.3 is 15.2 Å². The van der Waals surface area contributed by atoms with E-state index in [0.29, 0.717) is 28.6 Å². The van der Waals surface area contributed by atoms with Crippen LogP contribution in [0.3, 0.4) is 0 Å². The van der Waals surface area contributed by atoms with Crippen molar-refractivity contribution in [2.24, 2.45) is 5.10 Å². The van der Waals surface area contributed by atoms with E-state index in [1.54, 1.807) is 14.2 Å². The topological polar surface area (TPSA) is 68.9 Å². The Balaban J connectivity index is 2.21. The molecule has 3 N–H and O–H groups in total. The molecule has 1 aliphatic rings. The van der Waals surface area contributed by atoms with Crippen LogP contribution in [0.4, 0.5) is 5.69 Å². The number of hydrazone groups is 1. The van der Waals surface area contributed by atoms with Gasteiger partial charge in [-0.25, -0.2) is 0 Å². The van der Waals surface area contributed by atoms with Crippen molar-refractivity contribution in [1.29, 1.82) is 0 Å². The van der Waals surface area contributed by atoms with Crippen LogP contribution in [0.15, 0.2) is 41.5 Å². The number of nitrogens with one attached hydrogen (secondary N) is 1. The molecule has 0 fully saturated rings. The average Bonchev–Trinajstić information content (AvgIpc) is 2.71. The Labute approximate surface area is 140 Å². The first-order valence-corrected chi connectivity index (χ1v) is 7.51. The highest BCUT2D eigenvalue weighted by atomic mass is 32.1. The maximum absolute atomic E-state index is 5.91. The molecule has 0 aliphatic carbocycles. The van der Waals surface area contributed by atoms with Crippen molar-refractivity contribution in [2.45, 2.75) is 6.42 Å². The smallest absolute Gasteiger partial charge is 0.161 e. The molecular formula is C17H17N3O2S. The van der Waals surface area contributed by atoms with Gasteiger partial charge in [-0.3, -0.25) is 5.43 Å². The van der Waals surface area contributed by atoms with Gasteiger partial charge in [0.2, 0.25) is 0 Å². The molecule has 0 amide bonds. The third kappa shape index (κ3) is 2.98. The van der Waals surface area contributed by atoms with E-state index in [4.69, 9.17) is 27.4 Å². The Morgan fingerprint density at radius 3 is 2.57 bits per heavy atom. The van der Waals surface area contributed by atoms with E-state index in [1.807, 2.05) is 36.4 Å². The van der Waals surface area contributed by atoms with Crippen LogP contribution in [-0.4, -0.2) is 24.9 Å². The van der Waals surface area contributed by atoms with Crippen molar-refractivity contribution in [1.82, 2.24) is 5.43 Å². The van der Waals surface area contributed by atoms with Crippen LogP contribution < -0.4 is 20.6 Å². The summed E-state index contributed by atoms with van der Waals surface area (Å²) in [6.07, 6.45) is 0.584. The molecule has 23 heavy (non-hydrogen) atoms. The Kier molecular flexibility index (Phi) is 4.16. The van der Waals surface area contributed by atoms with Gasteiger partial charge >= 0.3 is 0 Å². The lowest BCUT2D eigenvalue weighted by atomic mass is 9.95. The van der Waals surface area contributed by atoms with Gasteiger partial charge in [0.1, 0.15) is 4.99 Å². The second-order valence-electron chi connectivity index (χ2n) is 5.16. The van der Waals surface area contributed by atoms with E-state index in [9.17, 15) is 0 Å². The van der Waals surface area contributed by atoms with Crippen molar-refractivity contribution in [3.8, 4) is 11.5 Å². The van der Waals surface area contributed by atoms with Crippen LogP contribution in [0.2, 0.25) is 0 Å². The summed E-state index contributed by atoms with van der Waals surface area (Å²) in [5.41, 5.74) is 13.2. The van der Waals surface area contributed by atoms with Gasteiger partial charge in [-0.15, -0.1) is 0 Å². The summed E-state index contributed by atoms with van der Waals surface area (Å²) in [4.78, 5) is 0.650. The predicted molar refractivity (Wildman–Crippen MR) is 95.5 cm³/mol. The molecule has 0 bridgehead atoms. The number of nitrogens with two attached hydrogens (primary N) is 1. The zero-order chi connectivity index (χ0) is 16.4. The van der Waals surface area contributed by atoms with Crippen molar-refractivity contribution < 1.29 is 9.47 Å². The van der Waals surface area contributed by atoms with Gasteiger partial charge in [-0.2, -0.15) is 5.10 Å². The number of hydrogen-bond donors (Lipinski definition) is 2. The molecule has 1 aliphatic heterocycles. The maximum atomic E-state index is 5.91. The molecule has 0 saturated carbocycles. The molecule has 0 atom stereocenters. The van der Waals surface area contributed by atoms with Gasteiger partial charge in [-0.05, 0) is 29.8 Å². The minimum Gasteiger partial charge on any atom is -0.493 e. The van der Waals surface area contributed by atoms with Crippen LogP contribution in [0.1, 0.15) is 16.7 Å².